The summed E-state index contributed by atoms with van der Waals surface area (Å²) in [6.45, 7) is 4.87. The molecule has 0 unspecified atom stereocenters. The van der Waals surface area contributed by atoms with Gasteiger partial charge in [0.05, 0.1) is 33.8 Å². The van der Waals surface area contributed by atoms with E-state index in [1.54, 1.807) is 26.1 Å². The molecule has 0 amide bonds. The number of rotatable bonds is 6. The number of benzene rings is 1. The van der Waals surface area contributed by atoms with Crippen LogP contribution in [0.5, 0.6) is 0 Å². The summed E-state index contributed by atoms with van der Waals surface area (Å²) >= 11 is 7.83. The van der Waals surface area contributed by atoms with Crippen LogP contribution in [-0.2, 0) is 19.3 Å². The number of hydrogen-bond acceptors (Lipinski definition) is 6. The highest BCUT2D eigenvalue weighted by atomic mass is 35.5. The maximum atomic E-state index is 13.7. The molecule has 44 heavy (non-hydrogen) atoms. The number of halogens is 4. The van der Waals surface area contributed by atoms with Crippen LogP contribution in [0.25, 0.3) is 32.2 Å². The molecule has 13 heteroatoms. The number of alkyl halides is 3. The first-order chi connectivity index (χ1) is 20.9. The average Bonchev–Trinajstić information content (AvgIpc) is 3.57. The number of piperidine rings is 1. The molecule has 1 aromatic carbocycles. The van der Waals surface area contributed by atoms with Crippen molar-refractivity contribution in [3.63, 3.8) is 0 Å². The lowest BCUT2D eigenvalue weighted by atomic mass is 9.80. The third-order valence-electron chi connectivity index (χ3n) is 8.22. The molecule has 0 atom stereocenters. The van der Waals surface area contributed by atoms with E-state index in [-0.39, 0.29) is 6.54 Å². The van der Waals surface area contributed by atoms with Crippen molar-refractivity contribution in [1.82, 2.24) is 24.0 Å². The van der Waals surface area contributed by atoms with Crippen molar-refractivity contribution in [3.8, 4) is 17.2 Å². The topological polar surface area (TPSA) is 97.6 Å². The van der Waals surface area contributed by atoms with Gasteiger partial charge in [0.25, 0.3) is 5.56 Å². The van der Waals surface area contributed by atoms with Crippen molar-refractivity contribution in [2.75, 3.05) is 13.1 Å². The zero-order valence-corrected chi connectivity index (χ0v) is 25.5. The summed E-state index contributed by atoms with van der Waals surface area (Å²) in [5.74, 6) is 0. The fourth-order valence-corrected chi connectivity index (χ4v) is 7.30. The quantitative estimate of drug-likeness (QED) is 0.231. The van der Waals surface area contributed by atoms with Gasteiger partial charge in [-0.15, -0.1) is 11.3 Å². The summed E-state index contributed by atoms with van der Waals surface area (Å²) in [4.78, 5) is 31.0. The predicted molar refractivity (Wildman–Crippen MR) is 165 cm³/mol. The van der Waals surface area contributed by atoms with E-state index >= 15 is 0 Å². The molecule has 0 saturated carbocycles. The second-order valence-corrected chi connectivity index (χ2v) is 13.1. The first-order valence-electron chi connectivity index (χ1n) is 14.1. The number of fused-ring (bicyclic) bond motifs is 2. The van der Waals surface area contributed by atoms with Crippen molar-refractivity contribution in [1.29, 1.82) is 5.26 Å². The molecule has 1 N–H and O–H groups in total. The van der Waals surface area contributed by atoms with Gasteiger partial charge in [0.1, 0.15) is 5.56 Å². The number of nitriles is 1. The van der Waals surface area contributed by atoms with Crippen LogP contribution in [-0.4, -0.2) is 31.8 Å². The van der Waals surface area contributed by atoms with Crippen LogP contribution in [0, 0.1) is 16.7 Å². The maximum absolute atomic E-state index is 13.7. The summed E-state index contributed by atoms with van der Waals surface area (Å²) in [7, 11) is 0. The van der Waals surface area contributed by atoms with E-state index in [1.807, 2.05) is 30.5 Å². The Bertz CT molecular complexity index is 2060. The van der Waals surface area contributed by atoms with Gasteiger partial charge in [-0.25, -0.2) is 4.79 Å². The van der Waals surface area contributed by atoms with Crippen LogP contribution in [0.2, 0.25) is 5.02 Å². The fraction of sp³-hybridized carbons (Fsp3) is 0.355. The molecule has 0 spiro atoms. The Morgan fingerprint density at radius 1 is 1.16 bits per heavy atom. The number of nitrogens with one attached hydrogen (secondary N) is 1. The zero-order chi connectivity index (χ0) is 31.4. The molecule has 0 aliphatic carbocycles. The molecule has 1 saturated heterocycles. The summed E-state index contributed by atoms with van der Waals surface area (Å²) in [5, 5.41) is 14.9. The number of aromatic nitrogens is 4. The smallest absolute Gasteiger partial charge is 0.345 e. The van der Waals surface area contributed by atoms with E-state index in [0.717, 1.165) is 57.2 Å². The molecule has 1 aliphatic rings. The molecule has 0 radical (unpaired) electrons. The van der Waals surface area contributed by atoms with Crippen LogP contribution < -0.4 is 16.6 Å². The minimum Gasteiger partial charge on any atom is -0.345 e. The van der Waals surface area contributed by atoms with Gasteiger partial charge in [0.2, 0.25) is 0 Å². The van der Waals surface area contributed by atoms with Gasteiger partial charge < -0.3 is 9.88 Å². The summed E-state index contributed by atoms with van der Waals surface area (Å²) in [6, 6.07) is 11.2. The van der Waals surface area contributed by atoms with Crippen LogP contribution in [0.1, 0.15) is 43.2 Å². The second-order valence-electron chi connectivity index (χ2n) is 11.5. The minimum absolute atomic E-state index is 0.338. The molecule has 228 valence electrons. The maximum Gasteiger partial charge on any atom is 0.423 e. The third kappa shape index (κ3) is 5.33. The highest BCUT2D eigenvalue weighted by Gasteiger charge is 2.37. The molecule has 4 aromatic heterocycles. The predicted octanol–water partition coefficient (Wildman–Crippen LogP) is 6.44. The third-order valence-corrected chi connectivity index (χ3v) is 9.58. The van der Waals surface area contributed by atoms with Crippen LogP contribution in [0.3, 0.4) is 0 Å². The van der Waals surface area contributed by atoms with Crippen molar-refractivity contribution in [2.45, 2.75) is 52.0 Å². The van der Waals surface area contributed by atoms with Crippen molar-refractivity contribution >= 4 is 44.1 Å². The second kappa shape index (κ2) is 11.2. The normalized spacial score (nSPS) is 15.3. The number of nitrogens with zero attached hydrogens (tertiary/aromatic N) is 5. The number of pyridine rings is 1. The Kier molecular flexibility index (Phi) is 7.68. The Morgan fingerprint density at radius 2 is 1.91 bits per heavy atom. The lowest BCUT2D eigenvalue weighted by Crippen LogP contribution is -2.43. The van der Waals surface area contributed by atoms with Gasteiger partial charge >= 0.3 is 11.9 Å². The Morgan fingerprint density at radius 3 is 2.59 bits per heavy atom. The average molecular weight is 641 g/mol. The van der Waals surface area contributed by atoms with E-state index in [1.165, 1.54) is 11.3 Å². The zero-order valence-electron chi connectivity index (χ0n) is 23.9. The van der Waals surface area contributed by atoms with Gasteiger partial charge in [-0.3, -0.25) is 18.9 Å². The molecule has 5 aromatic rings. The lowest BCUT2D eigenvalue weighted by Gasteiger charge is -2.32. The molecule has 0 bridgehead atoms. The van der Waals surface area contributed by atoms with Gasteiger partial charge in [-0.1, -0.05) is 11.6 Å². The van der Waals surface area contributed by atoms with E-state index in [4.69, 9.17) is 11.6 Å². The van der Waals surface area contributed by atoms with Crippen molar-refractivity contribution < 1.29 is 13.2 Å². The van der Waals surface area contributed by atoms with Crippen molar-refractivity contribution in [2.24, 2.45) is 5.41 Å². The van der Waals surface area contributed by atoms with Crippen molar-refractivity contribution in [3.05, 3.63) is 85.2 Å². The molecular formula is C31H28ClF3N6O2S. The minimum atomic E-state index is -4.91. The molecule has 1 aliphatic heterocycles. The number of hydrogen-bond donors (Lipinski definition) is 1. The van der Waals surface area contributed by atoms with Crippen LogP contribution in [0.4, 0.5) is 13.2 Å². The molecule has 1 fully saturated rings. The lowest BCUT2D eigenvalue weighted by molar-refractivity contribution is -0.139. The summed E-state index contributed by atoms with van der Waals surface area (Å²) in [6.07, 6.45) is 0.740. The highest BCUT2D eigenvalue weighted by Crippen LogP contribution is 2.41. The largest absolute Gasteiger partial charge is 0.423 e. The highest BCUT2D eigenvalue weighted by molar-refractivity contribution is 7.19. The fourth-order valence-electron chi connectivity index (χ4n) is 5.94. The van der Waals surface area contributed by atoms with E-state index < -0.39 is 34.4 Å². The number of thiophene rings is 1. The molecular weight excluding hydrogens is 613 g/mol. The molecule has 6 rings (SSSR count). The standard InChI is InChI=1S/C31H28ClF3N6O2S/c1-18(2)40-15-24(31(33,34)35)28(42)41(29(40)43)14-21-13-25-27(44-21)22(3-7-38-25)23-12-20(32)11-19-4-10-39(26(19)23)17-30(16-36)5-8-37-9-6-30/h3-4,7,10-13,15,18,37H,5-6,8-9,14,17H2,1-2H3. The monoisotopic (exact) mass is 640 g/mol. The molecule has 5 heterocycles. The summed E-state index contributed by atoms with van der Waals surface area (Å²) in [5.41, 5.74) is -1.02. The van der Waals surface area contributed by atoms with Gasteiger partial charge in [-0.05, 0) is 70.1 Å². The molecule has 8 nitrogen and oxygen atoms in total. The van der Waals surface area contributed by atoms with E-state index in [9.17, 15) is 28.0 Å². The van der Waals surface area contributed by atoms with Gasteiger partial charge in [0.15, 0.2) is 0 Å². The Hall–Kier alpha value is -3.92. The Labute approximate surface area is 258 Å². The SMILES string of the molecule is CC(C)n1cc(C(F)(F)F)c(=O)n(Cc2cc3nccc(-c4cc(Cl)cc5ccn(CC6(C#N)CCNCC6)c45)c3s2)c1=O. The van der Waals surface area contributed by atoms with Gasteiger partial charge in [-0.2, -0.15) is 18.4 Å². The first-order valence-corrected chi connectivity index (χ1v) is 15.3. The van der Waals surface area contributed by atoms with Crippen LogP contribution >= 0.6 is 22.9 Å². The van der Waals surface area contributed by atoms with Gasteiger partial charge in [0, 0.05) is 57.6 Å². The van der Waals surface area contributed by atoms with E-state index in [0.29, 0.717) is 32.7 Å². The van der Waals surface area contributed by atoms with Crippen LogP contribution in [0.15, 0.2) is 58.5 Å². The summed E-state index contributed by atoms with van der Waals surface area (Å²) < 4.78 is 45.6. The van der Waals surface area contributed by atoms with E-state index in [2.05, 4.69) is 20.9 Å². The Balaban J connectivity index is 1.48. The first kappa shape index (κ1) is 30.1.